The molecule has 0 heterocycles. The van der Waals surface area contributed by atoms with Gasteiger partial charge in [0.05, 0.1) is 6.54 Å². The van der Waals surface area contributed by atoms with Crippen LogP contribution in [0.1, 0.15) is 16.7 Å². The number of ether oxygens (including phenoxy) is 2. The number of carbonyl (C=O) groups excluding carboxylic acids is 1. The fourth-order valence-electron chi connectivity index (χ4n) is 2.64. The van der Waals surface area contributed by atoms with Crippen LogP contribution in [-0.4, -0.2) is 12.8 Å². The third kappa shape index (κ3) is 5.97. The van der Waals surface area contributed by atoms with Crippen molar-refractivity contribution in [3.05, 3.63) is 95.6 Å². The van der Waals surface area contributed by atoms with Gasteiger partial charge in [-0.2, -0.15) is 0 Å². The molecule has 0 spiro atoms. The summed E-state index contributed by atoms with van der Waals surface area (Å²) in [5.41, 5.74) is 3.23. The number of aldehydes is 1. The van der Waals surface area contributed by atoms with Gasteiger partial charge in [0.15, 0.2) is 11.5 Å². The molecule has 1 N–H and O–H groups in total. The minimum absolute atomic E-state index is 0.326. The minimum atomic E-state index is 0.326. The van der Waals surface area contributed by atoms with Crippen molar-refractivity contribution in [1.82, 2.24) is 5.32 Å². The maximum atomic E-state index is 10.5. The van der Waals surface area contributed by atoms with Crippen LogP contribution in [0.2, 0.25) is 0 Å². The summed E-state index contributed by atoms with van der Waals surface area (Å²) in [5.74, 6) is 1.40. The molecule has 0 atom stereocenters. The average molecular weight is 361 g/mol. The second-order valence-corrected chi connectivity index (χ2v) is 6.13. The number of hydrogen-bond acceptors (Lipinski definition) is 4. The van der Waals surface area contributed by atoms with Crippen molar-refractivity contribution in [2.75, 3.05) is 6.54 Å². The molecule has 0 bridgehead atoms. The molecule has 138 valence electrons. The van der Waals surface area contributed by atoms with Gasteiger partial charge in [0.25, 0.3) is 0 Å². The molecular formula is C23H23NO3. The molecule has 0 aliphatic heterocycles. The summed E-state index contributed by atoms with van der Waals surface area (Å²) >= 11 is 0. The van der Waals surface area contributed by atoms with E-state index >= 15 is 0 Å². The Labute approximate surface area is 159 Å². The molecule has 0 radical (unpaired) electrons. The van der Waals surface area contributed by atoms with Crippen molar-refractivity contribution in [3.8, 4) is 11.5 Å². The van der Waals surface area contributed by atoms with Gasteiger partial charge in [-0.15, -0.1) is 0 Å². The topological polar surface area (TPSA) is 47.6 Å². The number of hydrogen-bond donors (Lipinski definition) is 1. The van der Waals surface area contributed by atoms with Crippen LogP contribution >= 0.6 is 0 Å². The third-order valence-electron chi connectivity index (χ3n) is 4.04. The van der Waals surface area contributed by atoms with Crippen LogP contribution in [0.5, 0.6) is 11.5 Å². The monoisotopic (exact) mass is 361 g/mol. The highest BCUT2D eigenvalue weighted by Crippen LogP contribution is 2.30. The maximum absolute atomic E-state index is 10.5. The first kappa shape index (κ1) is 18.7. The van der Waals surface area contributed by atoms with E-state index in [-0.39, 0.29) is 0 Å². The molecule has 0 fully saturated rings. The van der Waals surface area contributed by atoms with Crippen LogP contribution in [0.3, 0.4) is 0 Å². The van der Waals surface area contributed by atoms with Gasteiger partial charge < -0.3 is 19.6 Å². The standard InChI is InChI=1S/C23H23NO3/c25-14-13-24-16-21-11-12-22(26-17-19-7-3-1-4-8-19)23(15-21)27-18-20-9-5-2-6-10-20/h1-12,14-15,24H,13,16-18H2. The summed E-state index contributed by atoms with van der Waals surface area (Å²) in [6.45, 7) is 1.87. The largest absolute Gasteiger partial charge is 0.485 e. The second-order valence-electron chi connectivity index (χ2n) is 6.13. The van der Waals surface area contributed by atoms with Crippen LogP contribution in [0.25, 0.3) is 0 Å². The van der Waals surface area contributed by atoms with Gasteiger partial charge in [-0.25, -0.2) is 0 Å². The van der Waals surface area contributed by atoms with E-state index in [1.54, 1.807) is 0 Å². The smallest absolute Gasteiger partial charge is 0.162 e. The molecule has 0 aromatic heterocycles. The van der Waals surface area contributed by atoms with E-state index in [1.807, 2.05) is 78.9 Å². The van der Waals surface area contributed by atoms with E-state index in [2.05, 4.69) is 5.32 Å². The maximum Gasteiger partial charge on any atom is 0.162 e. The van der Waals surface area contributed by atoms with Crippen LogP contribution < -0.4 is 14.8 Å². The molecule has 4 heteroatoms. The molecule has 0 aliphatic carbocycles. The third-order valence-corrected chi connectivity index (χ3v) is 4.04. The van der Waals surface area contributed by atoms with Crippen LogP contribution in [-0.2, 0) is 24.6 Å². The van der Waals surface area contributed by atoms with Gasteiger partial charge in [-0.3, -0.25) is 0 Å². The van der Waals surface area contributed by atoms with Gasteiger partial charge in [0.1, 0.15) is 19.5 Å². The molecule has 3 rings (SSSR count). The molecule has 4 nitrogen and oxygen atoms in total. The zero-order valence-corrected chi connectivity index (χ0v) is 15.1. The summed E-state index contributed by atoms with van der Waals surface area (Å²) in [4.78, 5) is 10.5. The highest BCUT2D eigenvalue weighted by molar-refractivity contribution is 5.52. The van der Waals surface area contributed by atoms with Gasteiger partial charge in [0.2, 0.25) is 0 Å². The Bertz CT molecular complexity index is 835. The first-order valence-corrected chi connectivity index (χ1v) is 8.96. The lowest BCUT2D eigenvalue weighted by Crippen LogP contribution is -2.15. The lowest BCUT2D eigenvalue weighted by molar-refractivity contribution is -0.107. The van der Waals surface area contributed by atoms with Crippen LogP contribution in [0.15, 0.2) is 78.9 Å². The zero-order valence-electron chi connectivity index (χ0n) is 15.1. The summed E-state index contributed by atoms with van der Waals surface area (Å²) in [5, 5.41) is 3.07. The van der Waals surface area contributed by atoms with Crippen molar-refractivity contribution in [2.24, 2.45) is 0 Å². The minimum Gasteiger partial charge on any atom is -0.485 e. The van der Waals surface area contributed by atoms with Gasteiger partial charge >= 0.3 is 0 Å². The van der Waals surface area contributed by atoms with Crippen LogP contribution in [0, 0.1) is 0 Å². The fourth-order valence-corrected chi connectivity index (χ4v) is 2.64. The number of nitrogens with one attached hydrogen (secondary N) is 1. The van der Waals surface area contributed by atoms with Crippen molar-refractivity contribution in [2.45, 2.75) is 19.8 Å². The van der Waals surface area contributed by atoms with Crippen molar-refractivity contribution in [1.29, 1.82) is 0 Å². The number of rotatable bonds is 10. The second kappa shape index (κ2) is 10.1. The Morgan fingerprint density at radius 3 is 1.89 bits per heavy atom. The van der Waals surface area contributed by atoms with E-state index in [0.717, 1.165) is 23.0 Å². The molecular weight excluding hydrogens is 338 g/mol. The Balaban J connectivity index is 1.72. The average Bonchev–Trinajstić information content (AvgIpc) is 2.73. The lowest BCUT2D eigenvalue weighted by atomic mass is 10.2. The van der Waals surface area contributed by atoms with E-state index < -0.39 is 0 Å². The summed E-state index contributed by atoms with van der Waals surface area (Å²) in [7, 11) is 0. The molecule has 0 saturated heterocycles. The highest BCUT2D eigenvalue weighted by Gasteiger charge is 2.08. The Hall–Kier alpha value is -3.11. The summed E-state index contributed by atoms with van der Waals surface area (Å²) in [6, 6.07) is 25.9. The van der Waals surface area contributed by atoms with E-state index in [1.165, 1.54) is 0 Å². The van der Waals surface area contributed by atoms with E-state index in [4.69, 9.17) is 9.47 Å². The normalized spacial score (nSPS) is 10.4. The molecule has 0 unspecified atom stereocenters. The van der Waals surface area contributed by atoms with Crippen molar-refractivity contribution < 1.29 is 14.3 Å². The lowest BCUT2D eigenvalue weighted by Gasteiger charge is -2.15. The Kier molecular flexibility index (Phi) is 7.01. The first-order chi connectivity index (χ1) is 13.3. The summed E-state index contributed by atoms with van der Waals surface area (Å²) < 4.78 is 12.0. The molecule has 27 heavy (non-hydrogen) atoms. The molecule has 0 amide bonds. The van der Waals surface area contributed by atoms with Crippen molar-refractivity contribution in [3.63, 3.8) is 0 Å². The predicted molar refractivity (Wildman–Crippen MR) is 106 cm³/mol. The molecule has 0 saturated carbocycles. The Morgan fingerprint density at radius 2 is 1.30 bits per heavy atom. The first-order valence-electron chi connectivity index (χ1n) is 8.96. The van der Waals surface area contributed by atoms with E-state index in [0.29, 0.717) is 37.8 Å². The Morgan fingerprint density at radius 1 is 0.704 bits per heavy atom. The zero-order chi connectivity index (χ0) is 18.7. The fraction of sp³-hybridized carbons (Fsp3) is 0.174. The van der Waals surface area contributed by atoms with Gasteiger partial charge in [-0.05, 0) is 28.8 Å². The van der Waals surface area contributed by atoms with Crippen LogP contribution in [0.4, 0.5) is 0 Å². The highest BCUT2D eigenvalue weighted by atomic mass is 16.5. The predicted octanol–water partition coefficient (Wildman–Crippen LogP) is 4.13. The van der Waals surface area contributed by atoms with Crippen molar-refractivity contribution >= 4 is 6.29 Å². The molecule has 3 aromatic rings. The number of carbonyl (C=O) groups is 1. The SMILES string of the molecule is O=CCNCc1ccc(OCc2ccccc2)c(OCc2ccccc2)c1. The van der Waals surface area contributed by atoms with E-state index in [9.17, 15) is 4.79 Å². The summed E-state index contributed by atoms with van der Waals surface area (Å²) in [6.07, 6.45) is 0.851. The molecule has 0 aliphatic rings. The quantitative estimate of drug-likeness (QED) is 0.436. The van der Waals surface area contributed by atoms with Gasteiger partial charge in [-0.1, -0.05) is 66.7 Å². The van der Waals surface area contributed by atoms with Gasteiger partial charge in [0, 0.05) is 6.54 Å². The number of benzene rings is 3. The molecule has 3 aromatic carbocycles.